The van der Waals surface area contributed by atoms with Gasteiger partial charge in [0.05, 0.1) is 12.7 Å². The van der Waals surface area contributed by atoms with E-state index in [2.05, 4.69) is 6.92 Å². The maximum Gasteiger partial charge on any atom is 0.168 e. The van der Waals surface area contributed by atoms with E-state index in [4.69, 9.17) is 9.47 Å². The average molecular weight is 198 g/mol. The smallest absolute Gasteiger partial charge is 0.168 e. The topological polar surface area (TPSA) is 18.5 Å². The molecule has 2 nitrogen and oxygen atoms in total. The van der Waals surface area contributed by atoms with Gasteiger partial charge in [-0.1, -0.05) is 13.3 Å². The van der Waals surface area contributed by atoms with Crippen molar-refractivity contribution < 1.29 is 9.47 Å². The Morgan fingerprint density at radius 3 is 2.79 bits per heavy atom. The molecule has 2 heterocycles. The molecule has 0 radical (unpaired) electrons. The normalized spacial score (nSPS) is 38.8. The number of rotatable bonds is 2. The van der Waals surface area contributed by atoms with Gasteiger partial charge in [-0.2, -0.15) is 0 Å². The minimum absolute atomic E-state index is 0.170. The van der Waals surface area contributed by atoms with Crippen molar-refractivity contribution in [1.29, 1.82) is 0 Å². The molecule has 2 rings (SSSR count). The summed E-state index contributed by atoms with van der Waals surface area (Å²) in [4.78, 5) is 0. The standard InChI is InChI=1S/C12H22O2/c1-2-6-11-7-5-9-12(14-11)8-3-4-10-13-12/h11H,2-10H2,1H3/t11-,12-/m1/s1. The lowest BCUT2D eigenvalue weighted by Crippen LogP contribution is -2.45. The summed E-state index contributed by atoms with van der Waals surface area (Å²) in [5, 5.41) is 0. The van der Waals surface area contributed by atoms with Crippen LogP contribution in [0.2, 0.25) is 0 Å². The lowest BCUT2D eigenvalue weighted by Gasteiger charge is -2.43. The molecule has 0 amide bonds. The molecule has 0 aliphatic carbocycles. The summed E-state index contributed by atoms with van der Waals surface area (Å²) < 4.78 is 12.0. The zero-order valence-corrected chi connectivity index (χ0v) is 9.26. The molecule has 14 heavy (non-hydrogen) atoms. The van der Waals surface area contributed by atoms with E-state index in [-0.39, 0.29) is 5.79 Å². The SMILES string of the molecule is CCC[C@@H]1CCC[C@@]2(CCCCO2)O1. The first kappa shape index (κ1) is 10.4. The third-order valence-corrected chi connectivity index (χ3v) is 3.39. The van der Waals surface area contributed by atoms with Crippen molar-refractivity contribution in [1.82, 2.24) is 0 Å². The van der Waals surface area contributed by atoms with Crippen LogP contribution in [0.5, 0.6) is 0 Å². The van der Waals surface area contributed by atoms with Crippen LogP contribution >= 0.6 is 0 Å². The lowest BCUT2D eigenvalue weighted by atomic mass is 9.93. The molecular weight excluding hydrogens is 176 g/mol. The van der Waals surface area contributed by atoms with Crippen molar-refractivity contribution in [2.24, 2.45) is 0 Å². The van der Waals surface area contributed by atoms with Gasteiger partial charge in [-0.3, -0.25) is 0 Å². The monoisotopic (exact) mass is 198 g/mol. The molecule has 0 aromatic carbocycles. The predicted molar refractivity (Wildman–Crippen MR) is 56.2 cm³/mol. The molecule has 0 saturated carbocycles. The van der Waals surface area contributed by atoms with Crippen LogP contribution in [0.4, 0.5) is 0 Å². The fourth-order valence-electron chi connectivity index (χ4n) is 2.66. The summed E-state index contributed by atoms with van der Waals surface area (Å²) in [6.45, 7) is 3.13. The van der Waals surface area contributed by atoms with Gasteiger partial charge in [-0.05, 0) is 32.1 Å². The van der Waals surface area contributed by atoms with Gasteiger partial charge in [-0.15, -0.1) is 0 Å². The van der Waals surface area contributed by atoms with Crippen molar-refractivity contribution in [3.05, 3.63) is 0 Å². The molecule has 0 aromatic rings. The summed E-state index contributed by atoms with van der Waals surface area (Å²) in [6.07, 6.45) is 10.1. The Kier molecular flexibility index (Phi) is 3.45. The van der Waals surface area contributed by atoms with Crippen LogP contribution in [0.1, 0.15) is 58.3 Å². The van der Waals surface area contributed by atoms with Gasteiger partial charge in [0, 0.05) is 12.8 Å². The predicted octanol–water partition coefficient (Wildman–Crippen LogP) is 3.25. The van der Waals surface area contributed by atoms with Gasteiger partial charge in [0.25, 0.3) is 0 Å². The number of hydrogen-bond acceptors (Lipinski definition) is 2. The summed E-state index contributed by atoms with van der Waals surface area (Å²) in [6, 6.07) is 0. The van der Waals surface area contributed by atoms with E-state index in [1.165, 1.54) is 38.5 Å². The highest BCUT2D eigenvalue weighted by Gasteiger charge is 2.39. The van der Waals surface area contributed by atoms with E-state index < -0.39 is 0 Å². The van der Waals surface area contributed by atoms with E-state index >= 15 is 0 Å². The first-order valence-electron chi connectivity index (χ1n) is 6.16. The molecular formula is C12H22O2. The highest BCUT2D eigenvalue weighted by molar-refractivity contribution is 4.80. The Hall–Kier alpha value is -0.0800. The van der Waals surface area contributed by atoms with Crippen LogP contribution in [0.15, 0.2) is 0 Å². The zero-order valence-electron chi connectivity index (χ0n) is 9.26. The summed E-state index contributed by atoms with van der Waals surface area (Å²) in [5.74, 6) is -0.170. The Morgan fingerprint density at radius 1 is 1.21 bits per heavy atom. The maximum atomic E-state index is 6.13. The first-order valence-corrected chi connectivity index (χ1v) is 6.16. The first-order chi connectivity index (χ1) is 6.85. The lowest BCUT2D eigenvalue weighted by molar-refractivity contribution is -0.295. The molecule has 82 valence electrons. The molecule has 0 unspecified atom stereocenters. The van der Waals surface area contributed by atoms with Crippen LogP contribution in [0.25, 0.3) is 0 Å². The van der Waals surface area contributed by atoms with Crippen LogP contribution < -0.4 is 0 Å². The van der Waals surface area contributed by atoms with Gasteiger partial charge in [0.1, 0.15) is 0 Å². The number of hydrogen-bond donors (Lipinski definition) is 0. The zero-order chi connectivity index (χ0) is 9.86. The van der Waals surface area contributed by atoms with E-state index in [9.17, 15) is 0 Å². The fourth-order valence-corrected chi connectivity index (χ4v) is 2.66. The third kappa shape index (κ3) is 2.29. The minimum Gasteiger partial charge on any atom is -0.350 e. The Bertz CT molecular complexity index is 166. The molecule has 2 saturated heterocycles. The molecule has 0 aromatic heterocycles. The van der Waals surface area contributed by atoms with Crippen molar-refractivity contribution in [2.75, 3.05) is 6.61 Å². The molecule has 2 aliphatic heterocycles. The van der Waals surface area contributed by atoms with Crippen molar-refractivity contribution in [3.8, 4) is 0 Å². The van der Waals surface area contributed by atoms with Gasteiger partial charge in [0.15, 0.2) is 5.79 Å². The van der Waals surface area contributed by atoms with Crippen molar-refractivity contribution in [3.63, 3.8) is 0 Å². The van der Waals surface area contributed by atoms with Crippen molar-refractivity contribution >= 4 is 0 Å². The van der Waals surface area contributed by atoms with Crippen LogP contribution in [-0.2, 0) is 9.47 Å². The second-order valence-corrected chi connectivity index (χ2v) is 4.64. The van der Waals surface area contributed by atoms with E-state index in [1.54, 1.807) is 0 Å². The van der Waals surface area contributed by atoms with Crippen LogP contribution in [0.3, 0.4) is 0 Å². The molecule has 2 heteroatoms. The Morgan fingerprint density at radius 2 is 2.07 bits per heavy atom. The van der Waals surface area contributed by atoms with Crippen molar-refractivity contribution in [2.45, 2.75) is 70.2 Å². The summed E-state index contributed by atoms with van der Waals surface area (Å²) >= 11 is 0. The number of ether oxygens (including phenoxy) is 2. The minimum atomic E-state index is -0.170. The quantitative estimate of drug-likeness (QED) is 0.678. The van der Waals surface area contributed by atoms with Crippen LogP contribution in [-0.4, -0.2) is 18.5 Å². The van der Waals surface area contributed by atoms with Gasteiger partial charge < -0.3 is 9.47 Å². The Labute approximate surface area is 87.0 Å². The van der Waals surface area contributed by atoms with Gasteiger partial charge in [-0.25, -0.2) is 0 Å². The molecule has 2 aliphatic rings. The summed E-state index contributed by atoms with van der Waals surface area (Å²) in [7, 11) is 0. The molecule has 2 atom stereocenters. The molecule has 1 spiro atoms. The second-order valence-electron chi connectivity index (χ2n) is 4.64. The second kappa shape index (κ2) is 4.63. The van der Waals surface area contributed by atoms with Crippen LogP contribution in [0, 0.1) is 0 Å². The van der Waals surface area contributed by atoms with E-state index in [0.717, 1.165) is 19.4 Å². The highest BCUT2D eigenvalue weighted by Crippen LogP contribution is 2.37. The third-order valence-electron chi connectivity index (χ3n) is 3.39. The van der Waals surface area contributed by atoms with E-state index in [1.807, 2.05) is 0 Å². The summed E-state index contributed by atoms with van der Waals surface area (Å²) in [5.41, 5.74) is 0. The van der Waals surface area contributed by atoms with Gasteiger partial charge in [0.2, 0.25) is 0 Å². The molecule has 0 bridgehead atoms. The molecule has 2 fully saturated rings. The van der Waals surface area contributed by atoms with Gasteiger partial charge >= 0.3 is 0 Å². The Balaban J connectivity index is 1.91. The fraction of sp³-hybridized carbons (Fsp3) is 1.00. The van der Waals surface area contributed by atoms with E-state index in [0.29, 0.717) is 6.10 Å². The molecule has 0 N–H and O–H groups in total. The average Bonchev–Trinajstić information content (AvgIpc) is 2.19. The largest absolute Gasteiger partial charge is 0.350 e. The maximum absolute atomic E-state index is 6.13. The highest BCUT2D eigenvalue weighted by atomic mass is 16.7.